The van der Waals surface area contributed by atoms with E-state index in [1.165, 1.54) is 65.1 Å². The van der Waals surface area contributed by atoms with Crippen molar-refractivity contribution in [1.29, 1.82) is 0 Å². The minimum absolute atomic E-state index is 0.165. The molecule has 0 aromatic heterocycles. The van der Waals surface area contributed by atoms with Crippen LogP contribution in [0.25, 0.3) is 0 Å². The largest absolute Gasteiger partial charge is 0.493 e. The van der Waals surface area contributed by atoms with Gasteiger partial charge in [0.25, 0.3) is 0 Å². The molecule has 2 aromatic rings. The SMILES string of the molecule is COC(=O)CCCCN(CCc1ccccc1OCCCCN1CCCCC1)Cc1ccc(C(=O)OC)cc1. The van der Waals surface area contributed by atoms with Crippen LogP contribution in [0.3, 0.4) is 0 Å². The first-order valence-corrected chi connectivity index (χ1v) is 14.5. The highest BCUT2D eigenvalue weighted by Gasteiger charge is 2.12. The summed E-state index contributed by atoms with van der Waals surface area (Å²) in [6.07, 6.45) is 9.31. The van der Waals surface area contributed by atoms with Crippen LogP contribution in [-0.4, -0.2) is 75.3 Å². The number of unbranched alkanes of at least 4 members (excludes halogenated alkanes) is 2. The molecular formula is C32H46N2O5. The van der Waals surface area contributed by atoms with E-state index in [9.17, 15) is 9.59 Å². The van der Waals surface area contributed by atoms with E-state index in [4.69, 9.17) is 14.2 Å². The number of hydrogen-bond donors (Lipinski definition) is 0. The Morgan fingerprint density at radius 3 is 2.36 bits per heavy atom. The predicted molar refractivity (Wildman–Crippen MR) is 154 cm³/mol. The van der Waals surface area contributed by atoms with Crippen molar-refractivity contribution in [2.24, 2.45) is 0 Å². The lowest BCUT2D eigenvalue weighted by Gasteiger charge is -2.26. The van der Waals surface area contributed by atoms with Crippen molar-refractivity contribution in [2.45, 2.75) is 64.3 Å². The van der Waals surface area contributed by atoms with Gasteiger partial charge in [0, 0.05) is 19.5 Å². The summed E-state index contributed by atoms with van der Waals surface area (Å²) < 4.78 is 15.8. The number of piperidine rings is 1. The van der Waals surface area contributed by atoms with Crippen molar-refractivity contribution >= 4 is 11.9 Å². The van der Waals surface area contributed by atoms with E-state index >= 15 is 0 Å². The molecule has 214 valence electrons. The Morgan fingerprint density at radius 2 is 1.62 bits per heavy atom. The second-order valence-electron chi connectivity index (χ2n) is 10.3. The van der Waals surface area contributed by atoms with E-state index < -0.39 is 0 Å². The highest BCUT2D eigenvalue weighted by molar-refractivity contribution is 5.89. The molecule has 0 bridgehead atoms. The molecule has 1 aliphatic rings. The first-order valence-electron chi connectivity index (χ1n) is 14.5. The molecule has 0 spiro atoms. The number of rotatable bonds is 17. The average Bonchev–Trinajstić information content (AvgIpc) is 2.98. The van der Waals surface area contributed by atoms with Crippen LogP contribution in [0.5, 0.6) is 5.75 Å². The van der Waals surface area contributed by atoms with E-state index in [0.29, 0.717) is 12.0 Å². The number of carbonyl (C=O) groups excluding carboxylic acids is 2. The summed E-state index contributed by atoms with van der Waals surface area (Å²) in [5.74, 6) is 0.481. The molecule has 0 unspecified atom stereocenters. The summed E-state index contributed by atoms with van der Waals surface area (Å²) in [6.45, 7) is 6.92. The molecule has 1 heterocycles. The number of nitrogens with zero attached hydrogens (tertiary/aromatic N) is 2. The molecule has 0 saturated carbocycles. The standard InChI is InChI=1S/C32H46N2O5/c1-37-31(35)14-6-9-23-34(26-27-15-17-29(18-16-27)32(36)38-2)24-19-28-12-4-5-13-30(28)39-25-11-10-22-33-20-7-3-8-21-33/h4-5,12-13,15-18H,3,6-11,14,19-26H2,1-2H3. The van der Waals surface area contributed by atoms with Crippen molar-refractivity contribution in [3.8, 4) is 5.75 Å². The topological polar surface area (TPSA) is 68.3 Å². The van der Waals surface area contributed by atoms with E-state index in [-0.39, 0.29) is 11.9 Å². The average molecular weight is 539 g/mol. The van der Waals surface area contributed by atoms with Crippen LogP contribution < -0.4 is 4.74 Å². The number of likely N-dealkylation sites (tertiary alicyclic amines) is 1. The maximum Gasteiger partial charge on any atom is 0.337 e. The zero-order valence-corrected chi connectivity index (χ0v) is 23.9. The van der Waals surface area contributed by atoms with Crippen LogP contribution in [0.4, 0.5) is 0 Å². The monoisotopic (exact) mass is 538 g/mol. The predicted octanol–water partition coefficient (Wildman–Crippen LogP) is 5.51. The fourth-order valence-corrected chi connectivity index (χ4v) is 5.03. The molecular weight excluding hydrogens is 492 g/mol. The van der Waals surface area contributed by atoms with Gasteiger partial charge in [0.15, 0.2) is 0 Å². The number of benzene rings is 2. The van der Waals surface area contributed by atoms with Crippen molar-refractivity contribution in [3.63, 3.8) is 0 Å². The van der Waals surface area contributed by atoms with Crippen molar-refractivity contribution in [2.75, 3.05) is 53.6 Å². The molecule has 39 heavy (non-hydrogen) atoms. The third-order valence-corrected chi connectivity index (χ3v) is 7.36. The van der Waals surface area contributed by atoms with Gasteiger partial charge in [-0.1, -0.05) is 36.8 Å². The van der Waals surface area contributed by atoms with Crippen molar-refractivity contribution in [3.05, 3.63) is 65.2 Å². The molecule has 7 nitrogen and oxygen atoms in total. The maximum absolute atomic E-state index is 11.8. The molecule has 3 rings (SSSR count). The Kier molecular flexibility index (Phi) is 13.9. The molecule has 1 saturated heterocycles. The number of carbonyl (C=O) groups is 2. The van der Waals surface area contributed by atoms with Crippen LogP contribution in [0.1, 0.15) is 72.9 Å². The second-order valence-corrected chi connectivity index (χ2v) is 10.3. The van der Waals surface area contributed by atoms with E-state index in [1.54, 1.807) is 0 Å². The molecule has 1 fully saturated rings. The Balaban J connectivity index is 1.52. The Hall–Kier alpha value is -2.90. The van der Waals surface area contributed by atoms with Gasteiger partial charge in [-0.15, -0.1) is 0 Å². The molecule has 0 atom stereocenters. The normalized spacial score (nSPS) is 13.8. The maximum atomic E-state index is 11.8. The van der Waals surface area contributed by atoms with Gasteiger partial charge < -0.3 is 19.1 Å². The summed E-state index contributed by atoms with van der Waals surface area (Å²) in [4.78, 5) is 28.3. The van der Waals surface area contributed by atoms with Crippen LogP contribution >= 0.6 is 0 Å². The Labute approximate surface area is 234 Å². The Bertz CT molecular complexity index is 988. The quantitative estimate of drug-likeness (QED) is 0.194. The van der Waals surface area contributed by atoms with Gasteiger partial charge >= 0.3 is 11.9 Å². The van der Waals surface area contributed by atoms with Crippen LogP contribution in [0.2, 0.25) is 0 Å². The van der Waals surface area contributed by atoms with Crippen LogP contribution in [-0.2, 0) is 27.2 Å². The highest BCUT2D eigenvalue weighted by atomic mass is 16.5. The summed E-state index contributed by atoms with van der Waals surface area (Å²) in [5.41, 5.74) is 2.90. The number of ether oxygens (including phenoxy) is 3. The van der Waals surface area contributed by atoms with Gasteiger partial charge in [0.1, 0.15) is 5.75 Å². The van der Waals surface area contributed by atoms with Crippen LogP contribution in [0, 0.1) is 0 Å². The van der Waals surface area contributed by atoms with Gasteiger partial charge in [0.05, 0.1) is 26.4 Å². The summed E-state index contributed by atoms with van der Waals surface area (Å²) in [6, 6.07) is 15.9. The second kappa shape index (κ2) is 17.6. The molecule has 0 radical (unpaired) electrons. The first kappa shape index (κ1) is 30.6. The summed E-state index contributed by atoms with van der Waals surface area (Å²) in [5, 5.41) is 0. The van der Waals surface area contributed by atoms with E-state index in [2.05, 4.69) is 28.0 Å². The van der Waals surface area contributed by atoms with Gasteiger partial charge in [-0.3, -0.25) is 9.69 Å². The molecule has 0 aliphatic carbocycles. The highest BCUT2D eigenvalue weighted by Crippen LogP contribution is 2.20. The fourth-order valence-electron chi connectivity index (χ4n) is 5.03. The van der Waals surface area contributed by atoms with Gasteiger partial charge in [-0.05, 0) is 100 Å². The van der Waals surface area contributed by atoms with Gasteiger partial charge in [-0.2, -0.15) is 0 Å². The Morgan fingerprint density at radius 1 is 0.846 bits per heavy atom. The van der Waals surface area contributed by atoms with Crippen LogP contribution in [0.15, 0.2) is 48.5 Å². The third-order valence-electron chi connectivity index (χ3n) is 7.36. The zero-order chi connectivity index (χ0) is 27.7. The lowest BCUT2D eigenvalue weighted by atomic mass is 10.1. The minimum Gasteiger partial charge on any atom is -0.493 e. The fraction of sp³-hybridized carbons (Fsp3) is 0.562. The number of methoxy groups -OCH3 is 2. The van der Waals surface area contributed by atoms with Crippen molar-refractivity contribution < 1.29 is 23.8 Å². The lowest BCUT2D eigenvalue weighted by Crippen LogP contribution is -2.30. The molecule has 0 amide bonds. The number of hydrogen-bond acceptors (Lipinski definition) is 7. The zero-order valence-electron chi connectivity index (χ0n) is 23.9. The van der Waals surface area contributed by atoms with Crippen molar-refractivity contribution in [1.82, 2.24) is 9.80 Å². The third kappa shape index (κ3) is 11.4. The number of esters is 2. The first-order chi connectivity index (χ1) is 19.1. The molecule has 1 aliphatic heterocycles. The van der Waals surface area contributed by atoms with Gasteiger partial charge in [0.2, 0.25) is 0 Å². The van der Waals surface area contributed by atoms with Gasteiger partial charge in [-0.25, -0.2) is 4.79 Å². The molecule has 0 N–H and O–H groups in total. The van der Waals surface area contributed by atoms with E-state index in [1.807, 2.05) is 30.3 Å². The summed E-state index contributed by atoms with van der Waals surface area (Å²) >= 11 is 0. The molecule has 7 heteroatoms. The molecule has 2 aromatic carbocycles. The number of para-hydroxylation sites is 1. The smallest absolute Gasteiger partial charge is 0.337 e. The minimum atomic E-state index is -0.329. The summed E-state index contributed by atoms with van der Waals surface area (Å²) in [7, 11) is 2.82. The lowest BCUT2D eigenvalue weighted by molar-refractivity contribution is -0.140. The van der Waals surface area contributed by atoms with E-state index in [0.717, 1.165) is 63.2 Å².